The van der Waals surface area contributed by atoms with E-state index in [4.69, 9.17) is 9.84 Å². The summed E-state index contributed by atoms with van der Waals surface area (Å²) in [7, 11) is 0. The summed E-state index contributed by atoms with van der Waals surface area (Å²) in [5, 5.41) is 14.7. The first kappa shape index (κ1) is 9.89. The van der Waals surface area contributed by atoms with Crippen LogP contribution in [0.2, 0.25) is 0 Å². The van der Waals surface area contributed by atoms with Crippen molar-refractivity contribution in [1.29, 1.82) is 0 Å². The number of carboxylic acid groups (broad SMARTS) is 1. The van der Waals surface area contributed by atoms with Crippen LogP contribution in [0.15, 0.2) is 0 Å². The molecule has 0 aromatic carbocycles. The number of carboxylic acids is 1. The van der Waals surface area contributed by atoms with Gasteiger partial charge in [-0.15, -0.1) is 0 Å². The Hall–Kier alpha value is -0.650. The lowest BCUT2D eigenvalue weighted by atomic mass is 10.2. The van der Waals surface area contributed by atoms with Crippen LogP contribution in [0, 0.1) is 5.92 Å². The molecule has 2 aliphatic rings. The van der Waals surface area contributed by atoms with Crippen LogP contribution >= 0.6 is 0 Å². The first-order valence-electron chi connectivity index (χ1n) is 5.07. The number of rotatable bonds is 4. The Labute approximate surface area is 82.8 Å². The van der Waals surface area contributed by atoms with E-state index in [1.54, 1.807) is 0 Å². The lowest BCUT2D eigenvalue weighted by molar-refractivity contribution is -0.140. The van der Waals surface area contributed by atoms with E-state index in [2.05, 4.69) is 10.6 Å². The van der Waals surface area contributed by atoms with Gasteiger partial charge in [-0.25, -0.2) is 0 Å². The molecule has 0 spiro atoms. The van der Waals surface area contributed by atoms with Crippen LogP contribution < -0.4 is 10.6 Å². The summed E-state index contributed by atoms with van der Waals surface area (Å²) < 4.78 is 5.57. The first-order valence-corrected chi connectivity index (χ1v) is 5.07. The molecule has 14 heavy (non-hydrogen) atoms. The smallest absolute Gasteiger partial charge is 0.322 e. The van der Waals surface area contributed by atoms with Gasteiger partial charge in [0, 0.05) is 13.1 Å². The second-order valence-electron chi connectivity index (χ2n) is 3.97. The van der Waals surface area contributed by atoms with Gasteiger partial charge in [0.1, 0.15) is 12.3 Å². The van der Waals surface area contributed by atoms with Gasteiger partial charge in [0.15, 0.2) is 0 Å². The van der Waals surface area contributed by atoms with Crippen molar-refractivity contribution in [2.24, 2.45) is 5.92 Å². The molecule has 0 radical (unpaired) electrons. The van der Waals surface area contributed by atoms with Gasteiger partial charge in [-0.2, -0.15) is 0 Å². The number of hydrogen-bond acceptors (Lipinski definition) is 4. The van der Waals surface area contributed by atoms with Gasteiger partial charge in [0.25, 0.3) is 0 Å². The van der Waals surface area contributed by atoms with Crippen molar-refractivity contribution in [2.45, 2.75) is 25.1 Å². The average Bonchev–Trinajstić information content (AvgIpc) is 2.99. The highest BCUT2D eigenvalue weighted by molar-refractivity contribution is 5.73. The van der Waals surface area contributed by atoms with E-state index in [-0.39, 0.29) is 6.23 Å². The van der Waals surface area contributed by atoms with Crippen LogP contribution in [0.1, 0.15) is 12.8 Å². The fourth-order valence-corrected chi connectivity index (χ4v) is 1.47. The molecule has 1 saturated carbocycles. The second-order valence-corrected chi connectivity index (χ2v) is 3.97. The number of nitrogens with one attached hydrogen (secondary N) is 2. The molecular formula is C9H16N2O3. The maximum absolute atomic E-state index is 10.6. The minimum Gasteiger partial charge on any atom is -0.480 e. The minimum absolute atomic E-state index is 0.0220. The SMILES string of the molecule is O=C(O)C1CNC(OCC2CC2)CN1. The Balaban J connectivity index is 1.64. The third-order valence-corrected chi connectivity index (χ3v) is 2.63. The molecule has 0 aromatic rings. The van der Waals surface area contributed by atoms with Crippen LogP contribution in [-0.2, 0) is 9.53 Å². The quantitative estimate of drug-likeness (QED) is 0.564. The van der Waals surface area contributed by atoms with Crippen LogP contribution in [-0.4, -0.2) is 43.0 Å². The van der Waals surface area contributed by atoms with Crippen LogP contribution in [0.3, 0.4) is 0 Å². The van der Waals surface area contributed by atoms with Gasteiger partial charge in [0.2, 0.25) is 0 Å². The largest absolute Gasteiger partial charge is 0.480 e. The summed E-state index contributed by atoms with van der Waals surface area (Å²) in [6, 6.07) is -0.476. The first-order chi connectivity index (χ1) is 6.75. The summed E-state index contributed by atoms with van der Waals surface area (Å²) in [6.07, 6.45) is 2.53. The summed E-state index contributed by atoms with van der Waals surface area (Å²) in [5.74, 6) is -0.0628. The van der Waals surface area contributed by atoms with Crippen molar-refractivity contribution in [2.75, 3.05) is 19.7 Å². The molecule has 1 saturated heterocycles. The maximum atomic E-state index is 10.6. The molecule has 2 fully saturated rings. The predicted octanol–water partition coefficient (Wildman–Crippen LogP) is -0.615. The number of piperazine rings is 1. The molecule has 80 valence electrons. The van der Waals surface area contributed by atoms with E-state index >= 15 is 0 Å². The van der Waals surface area contributed by atoms with E-state index in [0.717, 1.165) is 12.5 Å². The van der Waals surface area contributed by atoms with Crippen molar-refractivity contribution in [3.05, 3.63) is 0 Å². The third-order valence-electron chi connectivity index (χ3n) is 2.63. The molecule has 5 heteroatoms. The van der Waals surface area contributed by atoms with E-state index < -0.39 is 12.0 Å². The molecule has 0 amide bonds. The average molecular weight is 200 g/mol. The van der Waals surface area contributed by atoms with Crippen LogP contribution in [0.25, 0.3) is 0 Å². The Morgan fingerprint density at radius 2 is 2.14 bits per heavy atom. The lowest BCUT2D eigenvalue weighted by Crippen LogP contribution is -2.58. The second kappa shape index (κ2) is 4.25. The fraction of sp³-hybridized carbons (Fsp3) is 0.889. The monoisotopic (exact) mass is 200 g/mol. The van der Waals surface area contributed by atoms with Gasteiger partial charge >= 0.3 is 5.97 Å². The molecule has 2 rings (SSSR count). The van der Waals surface area contributed by atoms with E-state index in [1.807, 2.05) is 0 Å². The zero-order valence-electron chi connectivity index (χ0n) is 8.03. The highest BCUT2D eigenvalue weighted by Gasteiger charge is 2.27. The molecule has 5 nitrogen and oxygen atoms in total. The van der Waals surface area contributed by atoms with E-state index in [9.17, 15) is 4.79 Å². The summed E-state index contributed by atoms with van der Waals surface area (Å²) in [4.78, 5) is 10.6. The molecule has 3 N–H and O–H groups in total. The van der Waals surface area contributed by atoms with Gasteiger partial charge in [-0.1, -0.05) is 0 Å². The van der Waals surface area contributed by atoms with Crippen molar-refractivity contribution in [1.82, 2.24) is 10.6 Å². The highest BCUT2D eigenvalue weighted by Crippen LogP contribution is 2.29. The van der Waals surface area contributed by atoms with E-state index in [1.165, 1.54) is 12.8 Å². The normalized spacial score (nSPS) is 32.9. The molecule has 1 aliphatic carbocycles. The Morgan fingerprint density at radius 3 is 2.64 bits per heavy atom. The Kier molecular flexibility index (Phi) is 3.00. The molecule has 2 unspecified atom stereocenters. The maximum Gasteiger partial charge on any atom is 0.322 e. The number of aliphatic carboxylic acids is 1. The van der Waals surface area contributed by atoms with Crippen molar-refractivity contribution >= 4 is 5.97 Å². The molecule has 1 heterocycles. The number of hydrogen-bond donors (Lipinski definition) is 3. The number of carbonyl (C=O) groups is 1. The molecule has 1 aliphatic heterocycles. The fourth-order valence-electron chi connectivity index (χ4n) is 1.47. The zero-order chi connectivity index (χ0) is 9.97. The third kappa shape index (κ3) is 2.67. The minimum atomic E-state index is -0.807. The van der Waals surface area contributed by atoms with Gasteiger partial charge < -0.3 is 9.84 Å². The van der Waals surface area contributed by atoms with Crippen molar-refractivity contribution in [3.8, 4) is 0 Å². The van der Waals surface area contributed by atoms with Crippen molar-refractivity contribution in [3.63, 3.8) is 0 Å². The summed E-state index contributed by atoms with van der Waals surface area (Å²) in [6.45, 7) is 1.81. The number of ether oxygens (including phenoxy) is 1. The Bertz CT molecular complexity index is 210. The zero-order valence-corrected chi connectivity index (χ0v) is 8.03. The molecule has 0 bridgehead atoms. The highest BCUT2D eigenvalue weighted by atomic mass is 16.5. The van der Waals surface area contributed by atoms with Gasteiger partial charge in [-0.3, -0.25) is 15.4 Å². The summed E-state index contributed by atoms with van der Waals surface area (Å²) in [5.41, 5.74) is 0. The molecule has 2 atom stereocenters. The topological polar surface area (TPSA) is 70.6 Å². The van der Waals surface area contributed by atoms with Crippen LogP contribution in [0.5, 0.6) is 0 Å². The van der Waals surface area contributed by atoms with Crippen molar-refractivity contribution < 1.29 is 14.6 Å². The molecule has 0 aromatic heterocycles. The van der Waals surface area contributed by atoms with Gasteiger partial charge in [0.05, 0.1) is 6.61 Å². The Morgan fingerprint density at radius 1 is 1.36 bits per heavy atom. The lowest BCUT2D eigenvalue weighted by Gasteiger charge is -2.28. The predicted molar refractivity (Wildman–Crippen MR) is 49.9 cm³/mol. The van der Waals surface area contributed by atoms with E-state index in [0.29, 0.717) is 13.1 Å². The summed E-state index contributed by atoms with van der Waals surface area (Å²) >= 11 is 0. The molecular weight excluding hydrogens is 184 g/mol. The van der Waals surface area contributed by atoms with Gasteiger partial charge in [-0.05, 0) is 18.8 Å². The van der Waals surface area contributed by atoms with Crippen LogP contribution in [0.4, 0.5) is 0 Å². The standard InChI is InChI=1S/C9H16N2O3/c12-9(13)7-3-11-8(4-10-7)14-5-6-1-2-6/h6-8,10-11H,1-5H2,(H,12,13).